The Morgan fingerprint density at radius 1 is 1.16 bits per heavy atom. The van der Waals surface area contributed by atoms with Crippen molar-refractivity contribution in [2.75, 3.05) is 6.54 Å². The van der Waals surface area contributed by atoms with Crippen molar-refractivity contribution >= 4 is 24.1 Å². The highest BCUT2D eigenvalue weighted by atomic mass is 35.5. The summed E-state index contributed by atoms with van der Waals surface area (Å²) in [6, 6.07) is 3.66. The van der Waals surface area contributed by atoms with Crippen molar-refractivity contribution in [3.63, 3.8) is 0 Å². The number of hydrogen-bond donors (Lipinski definition) is 1. The Morgan fingerprint density at radius 2 is 2.00 bits per heavy atom. The van der Waals surface area contributed by atoms with Crippen LogP contribution in [0.15, 0.2) is 24.5 Å². The van der Waals surface area contributed by atoms with Gasteiger partial charge in [-0.3, -0.25) is 14.6 Å². The number of rotatable bonds is 3. The van der Waals surface area contributed by atoms with E-state index in [0.717, 1.165) is 19.3 Å². The van der Waals surface area contributed by atoms with E-state index in [4.69, 9.17) is 0 Å². The molecule has 0 unspecified atom stereocenters. The lowest BCUT2D eigenvalue weighted by molar-refractivity contribution is -0.133. The number of halogens is 1. The van der Waals surface area contributed by atoms with Gasteiger partial charge in [-0.25, -0.2) is 0 Å². The fourth-order valence-electron chi connectivity index (χ4n) is 4.71. The molecule has 1 aliphatic carbocycles. The Labute approximate surface area is 155 Å². The normalized spacial score (nSPS) is 31.3. The van der Waals surface area contributed by atoms with Crippen LogP contribution in [0.1, 0.15) is 55.3 Å². The molecular formula is C19H26ClN3O2. The zero-order valence-corrected chi connectivity index (χ0v) is 15.2. The molecule has 1 N–H and O–H groups in total. The van der Waals surface area contributed by atoms with Crippen LogP contribution >= 0.6 is 12.4 Å². The van der Waals surface area contributed by atoms with Gasteiger partial charge in [-0.1, -0.05) is 12.8 Å². The second-order valence-electron chi connectivity index (χ2n) is 7.40. The molecule has 1 aromatic heterocycles. The number of nitrogens with zero attached hydrogens (tertiary/aromatic N) is 2. The summed E-state index contributed by atoms with van der Waals surface area (Å²) in [4.78, 5) is 31.7. The third-order valence-electron chi connectivity index (χ3n) is 5.95. The molecule has 2 aliphatic heterocycles. The van der Waals surface area contributed by atoms with Gasteiger partial charge in [0.05, 0.1) is 12.1 Å². The minimum atomic E-state index is -0.314. The van der Waals surface area contributed by atoms with E-state index < -0.39 is 0 Å². The van der Waals surface area contributed by atoms with Gasteiger partial charge in [0, 0.05) is 30.5 Å². The number of carbonyl (C=O) groups is 2. The fourth-order valence-corrected chi connectivity index (χ4v) is 4.71. The number of aromatic nitrogens is 1. The van der Waals surface area contributed by atoms with Crippen LogP contribution in [0.2, 0.25) is 0 Å². The van der Waals surface area contributed by atoms with Crippen molar-refractivity contribution < 1.29 is 9.59 Å². The zero-order valence-electron chi connectivity index (χ0n) is 14.4. The van der Waals surface area contributed by atoms with Crippen molar-refractivity contribution in [3.05, 3.63) is 30.1 Å². The second-order valence-corrected chi connectivity index (χ2v) is 7.40. The van der Waals surface area contributed by atoms with Crippen molar-refractivity contribution in [3.8, 4) is 0 Å². The molecule has 3 fully saturated rings. The van der Waals surface area contributed by atoms with E-state index in [2.05, 4.69) is 10.3 Å². The maximum absolute atomic E-state index is 13.0. The molecule has 1 saturated carbocycles. The fraction of sp³-hybridized carbons (Fsp3) is 0.632. The lowest BCUT2D eigenvalue weighted by atomic mass is 9.85. The molecule has 0 spiro atoms. The second kappa shape index (κ2) is 7.83. The van der Waals surface area contributed by atoms with Crippen LogP contribution in [0.5, 0.6) is 0 Å². The highest BCUT2D eigenvalue weighted by molar-refractivity contribution is 6.02. The Kier molecular flexibility index (Phi) is 5.74. The maximum atomic E-state index is 13.0. The summed E-state index contributed by atoms with van der Waals surface area (Å²) in [7, 11) is 0. The molecule has 3 aliphatic rings. The van der Waals surface area contributed by atoms with Crippen molar-refractivity contribution in [2.24, 2.45) is 5.92 Å². The standard InChI is InChI=1S/C19H25N3O2.ClH/c23-18(14-6-3-9-20-12-14)17-8-4-10-22(17)19(24)16-11-13-5-1-2-7-15(13)21-16;/h3,6,9,12-13,15-17,21H,1-2,4-5,7-8,10-11H2;1H/t13-,15-,16-,17-;/m0./s1. The minimum absolute atomic E-state index is 0. The van der Waals surface area contributed by atoms with E-state index >= 15 is 0 Å². The Morgan fingerprint density at radius 3 is 2.76 bits per heavy atom. The van der Waals surface area contributed by atoms with Crippen LogP contribution in [-0.4, -0.2) is 46.2 Å². The topological polar surface area (TPSA) is 62.3 Å². The molecule has 25 heavy (non-hydrogen) atoms. The highest BCUT2D eigenvalue weighted by Gasteiger charge is 2.43. The average Bonchev–Trinajstić information content (AvgIpc) is 3.28. The molecule has 0 aromatic carbocycles. The molecule has 1 amide bonds. The number of fused-ring (bicyclic) bond motifs is 1. The first-order chi connectivity index (χ1) is 11.7. The Hall–Kier alpha value is -1.46. The molecule has 6 heteroatoms. The van der Waals surface area contributed by atoms with Gasteiger partial charge in [0.15, 0.2) is 5.78 Å². The van der Waals surface area contributed by atoms with Crippen LogP contribution in [0, 0.1) is 5.92 Å². The first kappa shape index (κ1) is 18.3. The molecule has 1 aromatic rings. The molecule has 0 radical (unpaired) electrons. The third-order valence-corrected chi connectivity index (χ3v) is 5.95. The number of likely N-dealkylation sites (tertiary alicyclic amines) is 1. The van der Waals surface area contributed by atoms with Gasteiger partial charge in [-0.2, -0.15) is 0 Å². The minimum Gasteiger partial charge on any atom is -0.331 e. The third kappa shape index (κ3) is 3.58. The molecule has 0 bridgehead atoms. The van der Waals surface area contributed by atoms with Crippen LogP contribution < -0.4 is 5.32 Å². The lowest BCUT2D eigenvalue weighted by Crippen LogP contribution is -2.49. The predicted molar refractivity (Wildman–Crippen MR) is 97.8 cm³/mol. The monoisotopic (exact) mass is 363 g/mol. The lowest BCUT2D eigenvalue weighted by Gasteiger charge is -2.27. The SMILES string of the molecule is Cl.O=C(c1cccnc1)[C@@H]1CCCN1C(=O)[C@@H]1C[C@@H]2CCCC[C@@H]2N1. The number of hydrogen-bond acceptors (Lipinski definition) is 4. The van der Waals surface area contributed by atoms with E-state index in [1.807, 2.05) is 4.90 Å². The number of carbonyl (C=O) groups excluding carboxylic acids is 2. The van der Waals surface area contributed by atoms with Gasteiger partial charge < -0.3 is 10.2 Å². The van der Waals surface area contributed by atoms with Crippen molar-refractivity contribution in [1.82, 2.24) is 15.2 Å². The average molecular weight is 364 g/mol. The van der Waals surface area contributed by atoms with Gasteiger partial charge in [0.1, 0.15) is 0 Å². The molecule has 5 nitrogen and oxygen atoms in total. The largest absolute Gasteiger partial charge is 0.331 e. The number of pyridine rings is 1. The van der Waals surface area contributed by atoms with Crippen LogP contribution in [0.4, 0.5) is 0 Å². The zero-order chi connectivity index (χ0) is 16.5. The Bertz CT molecular complexity index is 610. The summed E-state index contributed by atoms with van der Waals surface area (Å²) in [5.41, 5.74) is 0.607. The van der Waals surface area contributed by atoms with Crippen molar-refractivity contribution in [1.29, 1.82) is 0 Å². The van der Waals surface area contributed by atoms with Gasteiger partial charge in [-0.05, 0) is 50.2 Å². The summed E-state index contributed by atoms with van der Waals surface area (Å²) in [6.45, 7) is 0.697. The first-order valence-corrected chi connectivity index (χ1v) is 9.25. The van der Waals surface area contributed by atoms with Gasteiger partial charge >= 0.3 is 0 Å². The summed E-state index contributed by atoms with van der Waals surface area (Å²) in [6.07, 6.45) is 10.8. The van der Waals surface area contributed by atoms with Crippen molar-refractivity contribution in [2.45, 2.75) is 63.1 Å². The maximum Gasteiger partial charge on any atom is 0.240 e. The quantitative estimate of drug-likeness (QED) is 0.838. The Balaban J connectivity index is 0.00000182. The van der Waals surface area contributed by atoms with Crippen LogP contribution in [0.3, 0.4) is 0 Å². The number of ketones is 1. The summed E-state index contributed by atoms with van der Waals surface area (Å²) >= 11 is 0. The van der Waals surface area contributed by atoms with Gasteiger partial charge in [0.25, 0.3) is 0 Å². The smallest absolute Gasteiger partial charge is 0.240 e. The van der Waals surface area contributed by atoms with E-state index in [9.17, 15) is 9.59 Å². The van der Waals surface area contributed by atoms with E-state index in [0.29, 0.717) is 24.1 Å². The number of Topliss-reactive ketones (excluding diaryl/α,β-unsaturated/α-hetero) is 1. The molecule has 136 valence electrons. The summed E-state index contributed by atoms with van der Waals surface area (Å²) in [5.74, 6) is 0.802. The van der Waals surface area contributed by atoms with E-state index in [1.165, 1.54) is 25.7 Å². The van der Waals surface area contributed by atoms with E-state index in [1.54, 1.807) is 24.5 Å². The molecule has 2 saturated heterocycles. The van der Waals surface area contributed by atoms with Gasteiger partial charge in [-0.15, -0.1) is 12.4 Å². The number of nitrogens with one attached hydrogen (secondary N) is 1. The molecule has 4 atom stereocenters. The van der Waals surface area contributed by atoms with Crippen LogP contribution in [-0.2, 0) is 4.79 Å². The first-order valence-electron chi connectivity index (χ1n) is 9.25. The predicted octanol–water partition coefficient (Wildman–Crippen LogP) is 2.60. The van der Waals surface area contributed by atoms with Gasteiger partial charge in [0.2, 0.25) is 5.91 Å². The molecule has 4 rings (SSSR count). The highest BCUT2D eigenvalue weighted by Crippen LogP contribution is 2.34. The molecular weight excluding hydrogens is 338 g/mol. The van der Waals surface area contributed by atoms with Crippen LogP contribution in [0.25, 0.3) is 0 Å². The number of amides is 1. The van der Waals surface area contributed by atoms with E-state index in [-0.39, 0.29) is 36.2 Å². The summed E-state index contributed by atoms with van der Waals surface area (Å²) in [5, 5.41) is 3.55. The summed E-state index contributed by atoms with van der Waals surface area (Å²) < 4.78 is 0. The molecule has 3 heterocycles.